The van der Waals surface area contributed by atoms with Crippen LogP contribution < -0.4 is 25.2 Å². The van der Waals surface area contributed by atoms with Crippen molar-refractivity contribution >= 4 is 34.3 Å². The number of ether oxygens (including phenoxy) is 3. The third-order valence-electron chi connectivity index (χ3n) is 6.54. The molecule has 38 heavy (non-hydrogen) atoms. The Bertz CT molecular complexity index is 1310. The van der Waals surface area contributed by atoms with Gasteiger partial charge in [-0.2, -0.15) is 0 Å². The molecular weight excluding hydrogens is 504 g/mol. The monoisotopic (exact) mass is 540 g/mol. The van der Waals surface area contributed by atoms with Crippen molar-refractivity contribution in [3.8, 4) is 11.5 Å². The van der Waals surface area contributed by atoms with Crippen molar-refractivity contribution in [3.63, 3.8) is 0 Å². The zero-order valence-electron chi connectivity index (χ0n) is 22.3. The number of unbranched alkanes of at least 4 members (excludes halogenated alkanes) is 1. The predicted molar refractivity (Wildman–Crippen MR) is 151 cm³/mol. The number of fused-ring (bicyclic) bond motifs is 1. The molecule has 2 aromatic carbocycles. The molecule has 1 N–H and O–H groups in total. The second-order valence-electron chi connectivity index (χ2n) is 9.08. The number of amides is 1. The molecule has 2 heterocycles. The molecule has 1 saturated heterocycles. The zero-order valence-corrected chi connectivity index (χ0v) is 23.1. The Morgan fingerprint density at radius 3 is 2.63 bits per heavy atom. The van der Waals surface area contributed by atoms with E-state index in [2.05, 4.69) is 17.1 Å². The molecule has 1 aliphatic rings. The van der Waals surface area contributed by atoms with Gasteiger partial charge >= 0.3 is 0 Å². The molecule has 1 aliphatic heterocycles. The SMILES string of the molecule is CCCCNC(=O)CSc1nc2ccc(N3CCOCC3)cc2c(=O)n1CCc1ccc(OC)c(OC)c1. The lowest BCUT2D eigenvalue weighted by Gasteiger charge is -2.29. The van der Waals surface area contributed by atoms with Crippen LogP contribution in [0.2, 0.25) is 0 Å². The van der Waals surface area contributed by atoms with E-state index in [4.69, 9.17) is 19.2 Å². The minimum Gasteiger partial charge on any atom is -0.493 e. The minimum absolute atomic E-state index is 0.0631. The van der Waals surface area contributed by atoms with Crippen molar-refractivity contribution in [1.29, 1.82) is 0 Å². The summed E-state index contributed by atoms with van der Waals surface area (Å²) in [6, 6.07) is 11.6. The average molecular weight is 541 g/mol. The van der Waals surface area contributed by atoms with Crippen molar-refractivity contribution in [2.24, 2.45) is 0 Å². The summed E-state index contributed by atoms with van der Waals surface area (Å²) in [7, 11) is 3.21. The van der Waals surface area contributed by atoms with Crippen LogP contribution in [0.5, 0.6) is 11.5 Å². The Hall–Kier alpha value is -3.24. The van der Waals surface area contributed by atoms with Gasteiger partial charge in [-0.1, -0.05) is 31.2 Å². The van der Waals surface area contributed by atoms with Crippen molar-refractivity contribution in [2.45, 2.75) is 37.9 Å². The van der Waals surface area contributed by atoms with Gasteiger partial charge in [0, 0.05) is 31.9 Å². The first kappa shape index (κ1) is 27.8. The van der Waals surface area contributed by atoms with E-state index in [1.807, 2.05) is 36.4 Å². The van der Waals surface area contributed by atoms with Gasteiger partial charge in [-0.15, -0.1) is 0 Å². The molecule has 1 fully saturated rings. The molecule has 0 aliphatic carbocycles. The van der Waals surface area contributed by atoms with Gasteiger partial charge in [-0.3, -0.25) is 14.2 Å². The Labute approximate surface area is 227 Å². The van der Waals surface area contributed by atoms with E-state index in [0.29, 0.717) is 60.3 Å². The average Bonchev–Trinajstić information content (AvgIpc) is 2.96. The highest BCUT2D eigenvalue weighted by molar-refractivity contribution is 7.99. The highest BCUT2D eigenvalue weighted by Gasteiger charge is 2.17. The van der Waals surface area contributed by atoms with Crippen LogP contribution in [0.4, 0.5) is 5.69 Å². The van der Waals surface area contributed by atoms with Crippen molar-refractivity contribution in [3.05, 3.63) is 52.3 Å². The number of hydrogen-bond donors (Lipinski definition) is 1. The molecule has 3 aromatic rings. The normalized spacial score (nSPS) is 13.5. The molecule has 9 nitrogen and oxygen atoms in total. The Kier molecular flexibility index (Phi) is 9.89. The molecule has 0 atom stereocenters. The standard InChI is InChI=1S/C28H36N4O5S/c1-4-5-11-29-26(33)19-38-28-30-23-8-7-21(31-13-15-37-16-14-31)18-22(23)27(34)32(28)12-10-20-6-9-24(35-2)25(17-20)36-3/h6-9,17-18H,4-5,10-16,19H2,1-3H3,(H,29,33). The lowest BCUT2D eigenvalue weighted by Crippen LogP contribution is -2.36. The van der Waals surface area contributed by atoms with Crippen LogP contribution in [0, 0.1) is 0 Å². The van der Waals surface area contributed by atoms with Gasteiger partial charge in [0.05, 0.1) is 44.1 Å². The molecule has 1 aromatic heterocycles. The molecule has 0 spiro atoms. The Balaban J connectivity index is 1.63. The number of thioether (sulfide) groups is 1. The van der Waals surface area contributed by atoms with E-state index >= 15 is 0 Å². The number of hydrogen-bond acceptors (Lipinski definition) is 8. The number of aryl methyl sites for hydroxylation is 1. The number of methoxy groups -OCH3 is 2. The fourth-order valence-electron chi connectivity index (χ4n) is 4.38. The fourth-order valence-corrected chi connectivity index (χ4v) is 5.23. The third-order valence-corrected chi connectivity index (χ3v) is 7.51. The Morgan fingerprint density at radius 1 is 1.11 bits per heavy atom. The van der Waals surface area contributed by atoms with E-state index in [1.54, 1.807) is 18.8 Å². The number of nitrogens with zero attached hydrogens (tertiary/aromatic N) is 3. The number of rotatable bonds is 12. The summed E-state index contributed by atoms with van der Waals surface area (Å²) < 4.78 is 18.0. The number of morpholine rings is 1. The zero-order chi connectivity index (χ0) is 26.9. The van der Waals surface area contributed by atoms with Crippen LogP contribution in [0.3, 0.4) is 0 Å². The third kappa shape index (κ3) is 6.79. The molecule has 0 unspecified atom stereocenters. The molecule has 4 rings (SSSR count). The van der Waals surface area contributed by atoms with Gasteiger partial charge in [0.1, 0.15) is 0 Å². The van der Waals surface area contributed by atoms with E-state index in [-0.39, 0.29) is 17.2 Å². The quantitative estimate of drug-likeness (QED) is 0.212. The molecule has 10 heteroatoms. The maximum Gasteiger partial charge on any atom is 0.262 e. The van der Waals surface area contributed by atoms with Crippen molar-refractivity contribution in [1.82, 2.24) is 14.9 Å². The van der Waals surface area contributed by atoms with E-state index in [0.717, 1.165) is 37.2 Å². The topological polar surface area (TPSA) is 94.9 Å². The van der Waals surface area contributed by atoms with E-state index in [9.17, 15) is 9.59 Å². The van der Waals surface area contributed by atoms with Crippen LogP contribution in [0.1, 0.15) is 25.3 Å². The highest BCUT2D eigenvalue weighted by atomic mass is 32.2. The minimum atomic E-state index is -0.112. The summed E-state index contributed by atoms with van der Waals surface area (Å²) in [5.74, 6) is 1.43. The molecule has 0 saturated carbocycles. The van der Waals surface area contributed by atoms with E-state index in [1.165, 1.54) is 11.8 Å². The largest absolute Gasteiger partial charge is 0.493 e. The second-order valence-corrected chi connectivity index (χ2v) is 10.0. The molecular formula is C28H36N4O5S. The number of nitrogens with one attached hydrogen (secondary N) is 1. The lowest BCUT2D eigenvalue weighted by atomic mass is 10.1. The number of aromatic nitrogens is 2. The number of benzene rings is 2. The van der Waals surface area contributed by atoms with Gasteiger partial charge in [0.15, 0.2) is 16.7 Å². The van der Waals surface area contributed by atoms with Gasteiger partial charge in [-0.05, 0) is 48.7 Å². The van der Waals surface area contributed by atoms with Gasteiger partial charge in [-0.25, -0.2) is 4.98 Å². The fraction of sp³-hybridized carbons (Fsp3) is 0.464. The van der Waals surface area contributed by atoms with Gasteiger partial charge in [0.2, 0.25) is 5.91 Å². The molecule has 1 amide bonds. The maximum atomic E-state index is 13.8. The lowest BCUT2D eigenvalue weighted by molar-refractivity contribution is -0.118. The summed E-state index contributed by atoms with van der Waals surface area (Å²) >= 11 is 1.29. The first-order chi connectivity index (χ1) is 18.5. The second kappa shape index (κ2) is 13.5. The molecule has 204 valence electrons. The van der Waals surface area contributed by atoms with Crippen LogP contribution in [0.25, 0.3) is 10.9 Å². The van der Waals surface area contributed by atoms with E-state index < -0.39 is 0 Å². The first-order valence-corrected chi connectivity index (χ1v) is 14.0. The summed E-state index contributed by atoms with van der Waals surface area (Å²) in [6.07, 6.45) is 2.54. The number of anilines is 1. The number of carbonyl (C=O) groups is 1. The summed E-state index contributed by atoms with van der Waals surface area (Å²) in [4.78, 5) is 33.2. The molecule has 0 radical (unpaired) electrons. The predicted octanol–water partition coefficient (Wildman–Crippen LogP) is 3.50. The van der Waals surface area contributed by atoms with Crippen molar-refractivity contribution < 1.29 is 19.0 Å². The smallest absolute Gasteiger partial charge is 0.262 e. The van der Waals surface area contributed by atoms with Crippen molar-refractivity contribution in [2.75, 3.05) is 57.7 Å². The summed E-state index contributed by atoms with van der Waals surface area (Å²) in [5.41, 5.74) is 2.51. The summed E-state index contributed by atoms with van der Waals surface area (Å²) in [5, 5.41) is 4.04. The maximum absolute atomic E-state index is 13.8. The van der Waals surface area contributed by atoms with Crippen LogP contribution in [0.15, 0.2) is 46.3 Å². The Morgan fingerprint density at radius 2 is 1.89 bits per heavy atom. The van der Waals surface area contributed by atoms with Gasteiger partial charge < -0.3 is 24.4 Å². The van der Waals surface area contributed by atoms with Crippen LogP contribution in [-0.4, -0.2) is 68.3 Å². The summed E-state index contributed by atoms with van der Waals surface area (Å²) in [6.45, 7) is 6.06. The highest BCUT2D eigenvalue weighted by Crippen LogP contribution is 2.28. The molecule has 0 bridgehead atoms. The first-order valence-electron chi connectivity index (χ1n) is 13.0. The van der Waals surface area contributed by atoms with Gasteiger partial charge in [0.25, 0.3) is 5.56 Å². The van der Waals surface area contributed by atoms with Crippen LogP contribution >= 0.6 is 11.8 Å². The van der Waals surface area contributed by atoms with Crippen LogP contribution in [-0.2, 0) is 22.5 Å². The number of carbonyl (C=O) groups excluding carboxylic acids is 1.